The number of rotatable bonds is 7. The highest BCUT2D eigenvalue weighted by Gasteiger charge is 2.36. The van der Waals surface area contributed by atoms with Crippen LogP contribution in [-0.2, 0) is 9.59 Å². The maximum Gasteiger partial charge on any atom is 0.265 e. The van der Waals surface area contributed by atoms with Gasteiger partial charge in [-0.05, 0) is 42.5 Å². The molecule has 2 aliphatic heterocycles. The summed E-state index contributed by atoms with van der Waals surface area (Å²) in [6.07, 6.45) is 0. The smallest absolute Gasteiger partial charge is 0.265 e. The van der Waals surface area contributed by atoms with Gasteiger partial charge in [0, 0.05) is 5.69 Å². The van der Waals surface area contributed by atoms with Crippen LogP contribution in [0.3, 0.4) is 0 Å². The van der Waals surface area contributed by atoms with Crippen LogP contribution in [0, 0.1) is 0 Å². The molecule has 2 heterocycles. The van der Waals surface area contributed by atoms with Crippen molar-refractivity contribution < 1.29 is 28.7 Å². The summed E-state index contributed by atoms with van der Waals surface area (Å²) in [5.74, 6) is -0.583. The highest BCUT2D eigenvalue weighted by atomic mass is 16.5. The molecular weight excluding hydrogens is 450 g/mol. The number of nitrogens with one attached hydrogen (secondary N) is 1. The fourth-order valence-electron chi connectivity index (χ4n) is 4.02. The monoisotopic (exact) mass is 471 g/mol. The Labute approximate surface area is 200 Å². The standard InChI is InChI=1S/C26H21N3O6/c30-23(15-29-25(32)19-8-4-5-9-20(19)26(29)33)27-17-10-11-22-21(14-17)28(24(31)16-35-22)12-13-34-18-6-2-1-3-7-18/h1-11,14H,12-13,15-16H2,(H,27,30). The number of carbonyl (C=O) groups excluding carboxylic acids is 4. The van der Waals surface area contributed by atoms with Crippen molar-refractivity contribution in [2.24, 2.45) is 0 Å². The summed E-state index contributed by atoms with van der Waals surface area (Å²) in [7, 11) is 0. The first-order valence-corrected chi connectivity index (χ1v) is 11.0. The quantitative estimate of drug-likeness (QED) is 0.532. The van der Waals surface area contributed by atoms with Gasteiger partial charge in [-0.15, -0.1) is 0 Å². The summed E-state index contributed by atoms with van der Waals surface area (Å²) in [5.41, 5.74) is 1.46. The van der Waals surface area contributed by atoms with Gasteiger partial charge < -0.3 is 19.7 Å². The van der Waals surface area contributed by atoms with E-state index in [0.717, 1.165) is 4.90 Å². The van der Waals surface area contributed by atoms with Crippen LogP contribution >= 0.6 is 0 Å². The largest absolute Gasteiger partial charge is 0.492 e. The Bertz CT molecular complexity index is 1290. The van der Waals surface area contributed by atoms with E-state index in [1.807, 2.05) is 30.3 Å². The zero-order valence-electron chi connectivity index (χ0n) is 18.6. The zero-order chi connectivity index (χ0) is 24.4. The number of hydrogen-bond acceptors (Lipinski definition) is 6. The molecule has 0 saturated heterocycles. The van der Waals surface area contributed by atoms with Gasteiger partial charge in [0.15, 0.2) is 6.61 Å². The normalized spacial score (nSPS) is 14.3. The fourth-order valence-corrected chi connectivity index (χ4v) is 4.02. The maximum absolute atomic E-state index is 12.7. The number of imide groups is 1. The Kier molecular flexibility index (Phi) is 5.88. The minimum Gasteiger partial charge on any atom is -0.492 e. The van der Waals surface area contributed by atoms with Crippen molar-refractivity contribution in [3.05, 3.63) is 83.9 Å². The lowest BCUT2D eigenvalue weighted by Gasteiger charge is -2.29. The molecule has 5 rings (SSSR count). The third-order valence-corrected chi connectivity index (χ3v) is 5.69. The summed E-state index contributed by atoms with van der Waals surface area (Å²) in [5, 5.41) is 2.69. The molecule has 4 amide bonds. The summed E-state index contributed by atoms with van der Waals surface area (Å²) < 4.78 is 11.2. The third kappa shape index (κ3) is 4.43. The zero-order valence-corrected chi connectivity index (χ0v) is 18.6. The van der Waals surface area contributed by atoms with Crippen molar-refractivity contribution in [1.29, 1.82) is 0 Å². The molecule has 0 atom stereocenters. The molecular formula is C26H21N3O6. The lowest BCUT2D eigenvalue weighted by atomic mass is 10.1. The van der Waals surface area contributed by atoms with Crippen molar-refractivity contribution in [3.63, 3.8) is 0 Å². The maximum atomic E-state index is 12.7. The molecule has 0 saturated carbocycles. The molecule has 0 fully saturated rings. The SMILES string of the molecule is O=C(CN1C(=O)c2ccccc2C1=O)Nc1ccc2c(c1)N(CCOc1ccccc1)C(=O)CO2. The molecule has 3 aromatic rings. The van der Waals surface area contributed by atoms with E-state index in [4.69, 9.17) is 9.47 Å². The highest BCUT2D eigenvalue weighted by Crippen LogP contribution is 2.34. The Balaban J connectivity index is 1.26. The highest BCUT2D eigenvalue weighted by molar-refractivity contribution is 6.22. The van der Waals surface area contributed by atoms with Gasteiger partial charge in [0.2, 0.25) is 5.91 Å². The van der Waals surface area contributed by atoms with Crippen LogP contribution < -0.4 is 19.7 Å². The van der Waals surface area contributed by atoms with Crippen LogP contribution in [0.25, 0.3) is 0 Å². The Morgan fingerprint density at radius 1 is 0.886 bits per heavy atom. The number of anilines is 2. The summed E-state index contributed by atoms with van der Waals surface area (Å²) in [6.45, 7) is 0.0410. The number of fused-ring (bicyclic) bond motifs is 2. The van der Waals surface area contributed by atoms with E-state index in [0.29, 0.717) is 22.9 Å². The predicted molar refractivity (Wildman–Crippen MR) is 127 cm³/mol. The van der Waals surface area contributed by atoms with Crippen molar-refractivity contribution in [2.75, 3.05) is 36.5 Å². The average Bonchev–Trinajstić information content (AvgIpc) is 3.11. The summed E-state index contributed by atoms with van der Waals surface area (Å²) in [4.78, 5) is 52.7. The number of nitrogens with zero attached hydrogens (tertiary/aromatic N) is 2. The van der Waals surface area contributed by atoms with Crippen LogP contribution in [0.4, 0.5) is 11.4 Å². The van der Waals surface area contributed by atoms with Gasteiger partial charge in [-0.1, -0.05) is 30.3 Å². The van der Waals surface area contributed by atoms with Crippen LogP contribution in [-0.4, -0.2) is 54.8 Å². The lowest BCUT2D eigenvalue weighted by molar-refractivity contribution is -0.121. The van der Waals surface area contributed by atoms with Crippen molar-refractivity contribution in [2.45, 2.75) is 0 Å². The molecule has 9 nitrogen and oxygen atoms in total. The molecule has 0 aliphatic carbocycles. The van der Waals surface area contributed by atoms with Crippen LogP contribution in [0.5, 0.6) is 11.5 Å². The molecule has 0 aromatic heterocycles. The molecule has 0 radical (unpaired) electrons. The first-order chi connectivity index (χ1) is 17.0. The Hall–Kier alpha value is -4.66. The minimum absolute atomic E-state index is 0.0935. The van der Waals surface area contributed by atoms with Crippen LogP contribution in [0.2, 0.25) is 0 Å². The van der Waals surface area contributed by atoms with Crippen molar-refractivity contribution in [3.8, 4) is 11.5 Å². The second-order valence-electron chi connectivity index (χ2n) is 7.97. The van der Waals surface area contributed by atoms with E-state index in [9.17, 15) is 19.2 Å². The summed E-state index contributed by atoms with van der Waals surface area (Å²) in [6, 6.07) is 20.6. The van der Waals surface area contributed by atoms with Gasteiger partial charge in [0.05, 0.1) is 23.4 Å². The first-order valence-electron chi connectivity index (χ1n) is 11.0. The van der Waals surface area contributed by atoms with Gasteiger partial charge in [0.25, 0.3) is 17.7 Å². The fraction of sp³-hybridized carbons (Fsp3) is 0.154. The number of benzene rings is 3. The topological polar surface area (TPSA) is 105 Å². The van der Waals surface area contributed by atoms with Gasteiger partial charge in [0.1, 0.15) is 24.7 Å². The molecule has 1 N–H and O–H groups in total. The number of amides is 4. The third-order valence-electron chi connectivity index (χ3n) is 5.69. The van der Waals surface area contributed by atoms with Gasteiger partial charge in [-0.3, -0.25) is 24.1 Å². The van der Waals surface area contributed by atoms with Gasteiger partial charge in [-0.25, -0.2) is 0 Å². The van der Waals surface area contributed by atoms with E-state index in [1.54, 1.807) is 47.4 Å². The van der Waals surface area contributed by atoms with Gasteiger partial charge in [-0.2, -0.15) is 0 Å². The molecule has 0 bridgehead atoms. The Morgan fingerprint density at radius 2 is 1.57 bits per heavy atom. The second kappa shape index (κ2) is 9.30. The van der Waals surface area contributed by atoms with E-state index in [2.05, 4.69) is 5.32 Å². The van der Waals surface area contributed by atoms with E-state index in [-0.39, 0.29) is 36.8 Å². The first kappa shape index (κ1) is 22.1. The molecule has 3 aromatic carbocycles. The van der Waals surface area contributed by atoms with Crippen LogP contribution in [0.1, 0.15) is 20.7 Å². The molecule has 0 spiro atoms. The molecule has 0 unspecified atom stereocenters. The van der Waals surface area contributed by atoms with E-state index in [1.165, 1.54) is 0 Å². The average molecular weight is 471 g/mol. The number of para-hydroxylation sites is 1. The van der Waals surface area contributed by atoms with Crippen LogP contribution in [0.15, 0.2) is 72.8 Å². The Morgan fingerprint density at radius 3 is 2.29 bits per heavy atom. The molecule has 35 heavy (non-hydrogen) atoms. The van der Waals surface area contributed by atoms with Gasteiger partial charge >= 0.3 is 0 Å². The van der Waals surface area contributed by atoms with Crippen molar-refractivity contribution >= 4 is 35.0 Å². The minimum atomic E-state index is -0.540. The molecule has 2 aliphatic rings. The second-order valence-corrected chi connectivity index (χ2v) is 7.97. The number of ether oxygens (including phenoxy) is 2. The predicted octanol–water partition coefficient (Wildman–Crippen LogP) is 2.73. The number of carbonyl (C=O) groups is 4. The van der Waals surface area contributed by atoms with E-state index < -0.39 is 24.3 Å². The van der Waals surface area contributed by atoms with E-state index >= 15 is 0 Å². The number of hydrogen-bond donors (Lipinski definition) is 1. The molecule has 176 valence electrons. The lowest BCUT2D eigenvalue weighted by Crippen LogP contribution is -2.41. The molecule has 9 heteroatoms. The van der Waals surface area contributed by atoms with Crippen molar-refractivity contribution in [1.82, 2.24) is 4.90 Å². The summed E-state index contributed by atoms with van der Waals surface area (Å²) >= 11 is 0.